The molecule has 21 heavy (non-hydrogen) atoms. The van der Waals surface area contributed by atoms with Crippen LogP contribution in [0.2, 0.25) is 0 Å². The Hall–Kier alpha value is -2.31. The summed E-state index contributed by atoms with van der Waals surface area (Å²) in [6, 6.07) is 13.8. The second-order valence-corrected chi connectivity index (χ2v) is 5.41. The highest BCUT2D eigenvalue weighted by molar-refractivity contribution is 5.70. The molecule has 0 saturated heterocycles. The van der Waals surface area contributed by atoms with Crippen LogP contribution < -0.4 is 4.90 Å². The standard InChI is InChI=1S/C18H20N2O/c1-12-5-8-17(13(2)9-12)20(4)18-10-15(11-19)6-7-16(18)14(3)21/h5-10,14,21H,1-4H3/t14-/m1/s1. The number of anilines is 2. The average Bonchev–Trinajstić information content (AvgIpc) is 2.45. The van der Waals surface area contributed by atoms with Crippen LogP contribution in [0.5, 0.6) is 0 Å². The van der Waals surface area contributed by atoms with Gasteiger partial charge >= 0.3 is 0 Å². The summed E-state index contributed by atoms with van der Waals surface area (Å²) in [4.78, 5) is 2.03. The van der Waals surface area contributed by atoms with E-state index in [2.05, 4.69) is 38.1 Å². The maximum absolute atomic E-state index is 9.97. The molecule has 0 radical (unpaired) electrons. The summed E-state index contributed by atoms with van der Waals surface area (Å²) >= 11 is 0. The molecule has 3 nitrogen and oxygen atoms in total. The van der Waals surface area contributed by atoms with E-state index in [1.54, 1.807) is 13.0 Å². The zero-order valence-corrected chi connectivity index (χ0v) is 12.9. The summed E-state index contributed by atoms with van der Waals surface area (Å²) in [6.45, 7) is 5.87. The van der Waals surface area contributed by atoms with E-state index in [4.69, 9.17) is 5.26 Å². The summed E-state index contributed by atoms with van der Waals surface area (Å²) < 4.78 is 0. The molecule has 3 heteroatoms. The van der Waals surface area contributed by atoms with Crippen molar-refractivity contribution in [3.63, 3.8) is 0 Å². The Labute approximate surface area is 126 Å². The molecule has 0 unspecified atom stereocenters. The molecule has 1 atom stereocenters. The Kier molecular flexibility index (Phi) is 4.30. The topological polar surface area (TPSA) is 47.3 Å². The molecule has 2 aromatic rings. The van der Waals surface area contributed by atoms with Crippen molar-refractivity contribution in [3.8, 4) is 6.07 Å². The molecule has 0 saturated carbocycles. The van der Waals surface area contributed by atoms with Crippen molar-refractivity contribution in [3.05, 3.63) is 58.7 Å². The van der Waals surface area contributed by atoms with E-state index in [0.29, 0.717) is 5.56 Å². The highest BCUT2D eigenvalue weighted by Crippen LogP contribution is 2.33. The molecule has 2 rings (SSSR count). The minimum absolute atomic E-state index is 0.582. The second kappa shape index (κ2) is 5.99. The smallest absolute Gasteiger partial charge is 0.0992 e. The number of benzene rings is 2. The van der Waals surface area contributed by atoms with Crippen LogP contribution in [0.3, 0.4) is 0 Å². The number of nitriles is 1. The zero-order chi connectivity index (χ0) is 15.6. The van der Waals surface area contributed by atoms with Gasteiger partial charge in [0.2, 0.25) is 0 Å². The van der Waals surface area contributed by atoms with Gasteiger partial charge in [-0.1, -0.05) is 23.8 Å². The van der Waals surface area contributed by atoms with E-state index >= 15 is 0 Å². The third-order valence-corrected chi connectivity index (χ3v) is 3.68. The molecule has 0 amide bonds. The number of nitrogens with zero attached hydrogens (tertiary/aromatic N) is 2. The Balaban J connectivity index is 2.56. The largest absolute Gasteiger partial charge is 0.389 e. The van der Waals surface area contributed by atoms with Crippen molar-refractivity contribution in [2.45, 2.75) is 26.9 Å². The van der Waals surface area contributed by atoms with Gasteiger partial charge in [-0.3, -0.25) is 0 Å². The first kappa shape index (κ1) is 15.1. The predicted octanol–water partition coefficient (Wildman–Crippen LogP) is 4.00. The van der Waals surface area contributed by atoms with E-state index in [1.807, 2.05) is 24.1 Å². The fourth-order valence-electron chi connectivity index (χ4n) is 2.57. The van der Waals surface area contributed by atoms with Gasteiger partial charge in [0.25, 0.3) is 0 Å². The van der Waals surface area contributed by atoms with E-state index in [1.165, 1.54) is 5.56 Å². The normalized spacial score (nSPS) is 11.8. The average molecular weight is 280 g/mol. The van der Waals surface area contributed by atoms with Crippen molar-refractivity contribution in [1.82, 2.24) is 0 Å². The number of hydrogen-bond donors (Lipinski definition) is 1. The quantitative estimate of drug-likeness (QED) is 0.924. The fraction of sp³-hybridized carbons (Fsp3) is 0.278. The van der Waals surface area contributed by atoms with Crippen molar-refractivity contribution in [2.75, 3.05) is 11.9 Å². The lowest BCUT2D eigenvalue weighted by Gasteiger charge is -2.25. The van der Waals surface area contributed by atoms with Gasteiger partial charge in [0.1, 0.15) is 0 Å². The maximum Gasteiger partial charge on any atom is 0.0992 e. The lowest BCUT2D eigenvalue weighted by molar-refractivity contribution is 0.200. The van der Waals surface area contributed by atoms with Gasteiger partial charge in [0.05, 0.1) is 17.7 Å². The lowest BCUT2D eigenvalue weighted by atomic mass is 10.0. The SMILES string of the molecule is Cc1ccc(N(C)c2cc(C#N)ccc2[C@@H](C)O)c(C)c1. The number of rotatable bonds is 3. The summed E-state index contributed by atoms with van der Waals surface area (Å²) in [7, 11) is 1.96. The third kappa shape index (κ3) is 3.07. The van der Waals surface area contributed by atoms with Gasteiger partial charge in [-0.15, -0.1) is 0 Å². The molecule has 0 heterocycles. The molecule has 1 N–H and O–H groups in total. The van der Waals surface area contributed by atoms with E-state index in [-0.39, 0.29) is 0 Å². The molecule has 0 bridgehead atoms. The van der Waals surface area contributed by atoms with Crippen LogP contribution in [0.15, 0.2) is 36.4 Å². The molecule has 0 fully saturated rings. The number of aliphatic hydroxyl groups excluding tert-OH is 1. The molecule has 0 aliphatic heterocycles. The maximum atomic E-state index is 9.97. The Morgan fingerprint density at radius 3 is 2.38 bits per heavy atom. The number of aliphatic hydroxyl groups is 1. The van der Waals surface area contributed by atoms with Crippen molar-refractivity contribution < 1.29 is 5.11 Å². The molecule has 0 aromatic heterocycles. The van der Waals surface area contributed by atoms with Crippen LogP contribution in [0.1, 0.15) is 35.3 Å². The minimum Gasteiger partial charge on any atom is -0.389 e. The van der Waals surface area contributed by atoms with E-state index in [9.17, 15) is 5.11 Å². The van der Waals surface area contributed by atoms with Crippen molar-refractivity contribution in [1.29, 1.82) is 5.26 Å². The lowest BCUT2D eigenvalue weighted by Crippen LogP contribution is -2.14. The summed E-state index contributed by atoms with van der Waals surface area (Å²) in [5.74, 6) is 0. The minimum atomic E-state index is -0.582. The van der Waals surface area contributed by atoms with Crippen LogP contribution >= 0.6 is 0 Å². The Morgan fingerprint density at radius 1 is 1.10 bits per heavy atom. The van der Waals surface area contributed by atoms with E-state index in [0.717, 1.165) is 22.5 Å². The molecule has 0 aliphatic carbocycles. The highest BCUT2D eigenvalue weighted by atomic mass is 16.3. The molecule has 0 aliphatic rings. The number of hydrogen-bond acceptors (Lipinski definition) is 3. The Morgan fingerprint density at radius 2 is 1.81 bits per heavy atom. The van der Waals surface area contributed by atoms with Gasteiger partial charge in [0, 0.05) is 24.0 Å². The first-order valence-electron chi connectivity index (χ1n) is 6.97. The zero-order valence-electron chi connectivity index (χ0n) is 12.9. The Bertz CT molecular complexity index is 699. The monoisotopic (exact) mass is 280 g/mol. The summed E-state index contributed by atoms with van der Waals surface area (Å²) in [6.07, 6.45) is -0.582. The van der Waals surface area contributed by atoms with Crippen molar-refractivity contribution in [2.24, 2.45) is 0 Å². The number of aryl methyl sites for hydroxylation is 2. The van der Waals surface area contributed by atoms with Crippen LogP contribution in [-0.4, -0.2) is 12.2 Å². The molecular formula is C18H20N2O. The van der Waals surface area contributed by atoms with Crippen LogP contribution in [0.25, 0.3) is 0 Å². The molecular weight excluding hydrogens is 260 g/mol. The second-order valence-electron chi connectivity index (χ2n) is 5.41. The first-order chi connectivity index (χ1) is 9.93. The predicted molar refractivity (Wildman–Crippen MR) is 85.8 cm³/mol. The third-order valence-electron chi connectivity index (χ3n) is 3.68. The molecule has 108 valence electrons. The van der Waals surface area contributed by atoms with Crippen LogP contribution in [-0.2, 0) is 0 Å². The summed E-state index contributed by atoms with van der Waals surface area (Å²) in [5.41, 5.74) is 5.71. The van der Waals surface area contributed by atoms with Gasteiger partial charge < -0.3 is 10.0 Å². The summed E-state index contributed by atoms with van der Waals surface area (Å²) in [5, 5.41) is 19.1. The van der Waals surface area contributed by atoms with E-state index < -0.39 is 6.10 Å². The van der Waals surface area contributed by atoms with Gasteiger partial charge in [-0.05, 0) is 44.5 Å². The highest BCUT2D eigenvalue weighted by Gasteiger charge is 2.15. The van der Waals surface area contributed by atoms with Gasteiger partial charge in [-0.2, -0.15) is 5.26 Å². The van der Waals surface area contributed by atoms with Crippen molar-refractivity contribution >= 4 is 11.4 Å². The van der Waals surface area contributed by atoms with Gasteiger partial charge in [-0.25, -0.2) is 0 Å². The van der Waals surface area contributed by atoms with Gasteiger partial charge in [0.15, 0.2) is 0 Å². The first-order valence-corrected chi connectivity index (χ1v) is 6.97. The molecule has 2 aromatic carbocycles. The van der Waals surface area contributed by atoms with Crippen LogP contribution in [0.4, 0.5) is 11.4 Å². The molecule has 0 spiro atoms. The van der Waals surface area contributed by atoms with Crippen LogP contribution in [0, 0.1) is 25.2 Å². The fourth-order valence-corrected chi connectivity index (χ4v) is 2.57.